The highest BCUT2D eigenvalue weighted by Crippen LogP contribution is 2.23. The van der Waals surface area contributed by atoms with Gasteiger partial charge in [0.2, 0.25) is 0 Å². The summed E-state index contributed by atoms with van der Waals surface area (Å²) in [5.74, 6) is 1.08. The van der Waals surface area contributed by atoms with Crippen LogP contribution in [0.25, 0.3) is 0 Å². The topological polar surface area (TPSA) is 31.6 Å². The van der Waals surface area contributed by atoms with Gasteiger partial charge in [-0.2, -0.15) is 0 Å². The quantitative estimate of drug-likeness (QED) is 0.852. The standard InChI is InChI=1S/C13H23N3O/c1-11-9-16(7-6-14-11)12(10-15(2)3)13-5-4-8-17-13/h4-5,8,11-12,14H,6-7,9-10H2,1-3H3. The van der Waals surface area contributed by atoms with E-state index >= 15 is 0 Å². The first-order valence-corrected chi connectivity index (χ1v) is 6.32. The molecule has 1 N–H and O–H groups in total. The van der Waals surface area contributed by atoms with Gasteiger partial charge in [-0.15, -0.1) is 0 Å². The fourth-order valence-electron chi connectivity index (χ4n) is 2.46. The molecule has 1 aromatic rings. The van der Waals surface area contributed by atoms with Crippen LogP contribution in [0, 0.1) is 0 Å². The third-order valence-corrected chi connectivity index (χ3v) is 3.25. The lowest BCUT2D eigenvalue weighted by molar-refractivity contribution is 0.110. The Morgan fingerprint density at radius 2 is 2.41 bits per heavy atom. The zero-order valence-electron chi connectivity index (χ0n) is 11.0. The van der Waals surface area contributed by atoms with Crippen molar-refractivity contribution in [3.63, 3.8) is 0 Å². The molecule has 2 rings (SSSR count). The third-order valence-electron chi connectivity index (χ3n) is 3.25. The van der Waals surface area contributed by atoms with Gasteiger partial charge in [-0.1, -0.05) is 0 Å². The molecule has 4 heteroatoms. The van der Waals surface area contributed by atoms with Gasteiger partial charge in [0, 0.05) is 32.2 Å². The van der Waals surface area contributed by atoms with Gasteiger partial charge in [-0.3, -0.25) is 4.90 Å². The number of nitrogens with zero attached hydrogens (tertiary/aromatic N) is 2. The molecule has 96 valence electrons. The van der Waals surface area contributed by atoms with E-state index in [-0.39, 0.29) is 0 Å². The zero-order valence-corrected chi connectivity index (χ0v) is 11.0. The van der Waals surface area contributed by atoms with Crippen LogP contribution in [0.15, 0.2) is 22.8 Å². The summed E-state index contributed by atoms with van der Waals surface area (Å²) in [4.78, 5) is 4.74. The van der Waals surface area contributed by atoms with E-state index < -0.39 is 0 Å². The van der Waals surface area contributed by atoms with Crippen LogP contribution in [0.4, 0.5) is 0 Å². The Kier molecular flexibility index (Phi) is 4.20. The van der Waals surface area contributed by atoms with Crippen LogP contribution in [0.1, 0.15) is 18.7 Å². The molecule has 0 bridgehead atoms. The van der Waals surface area contributed by atoms with Crippen LogP contribution in [0.5, 0.6) is 0 Å². The van der Waals surface area contributed by atoms with Crippen LogP contribution in [0.3, 0.4) is 0 Å². The monoisotopic (exact) mass is 237 g/mol. The first kappa shape index (κ1) is 12.6. The summed E-state index contributed by atoms with van der Waals surface area (Å²) in [7, 11) is 4.23. The van der Waals surface area contributed by atoms with Crippen LogP contribution >= 0.6 is 0 Å². The highest BCUT2D eigenvalue weighted by atomic mass is 16.3. The normalized spacial score (nSPS) is 24.1. The Morgan fingerprint density at radius 1 is 1.59 bits per heavy atom. The molecule has 0 aromatic carbocycles. The van der Waals surface area contributed by atoms with E-state index in [4.69, 9.17) is 4.42 Å². The van der Waals surface area contributed by atoms with Gasteiger partial charge in [-0.25, -0.2) is 0 Å². The van der Waals surface area contributed by atoms with Gasteiger partial charge >= 0.3 is 0 Å². The molecular weight excluding hydrogens is 214 g/mol. The first-order valence-electron chi connectivity index (χ1n) is 6.32. The van der Waals surface area contributed by atoms with Gasteiger partial charge in [0.25, 0.3) is 0 Å². The zero-order chi connectivity index (χ0) is 12.3. The Bertz CT molecular complexity index is 323. The minimum atomic E-state index is 0.365. The van der Waals surface area contributed by atoms with Crippen LogP contribution < -0.4 is 5.32 Å². The van der Waals surface area contributed by atoms with Crippen molar-refractivity contribution in [3.05, 3.63) is 24.2 Å². The molecule has 4 nitrogen and oxygen atoms in total. The Balaban J connectivity index is 2.09. The number of furan rings is 1. The molecule has 2 atom stereocenters. The van der Waals surface area contributed by atoms with Gasteiger partial charge in [-0.05, 0) is 33.2 Å². The van der Waals surface area contributed by atoms with E-state index in [1.54, 1.807) is 6.26 Å². The van der Waals surface area contributed by atoms with E-state index in [9.17, 15) is 0 Å². The fraction of sp³-hybridized carbons (Fsp3) is 0.692. The number of piperazine rings is 1. The Labute approximate surface area is 104 Å². The van der Waals surface area contributed by atoms with Gasteiger partial charge in [0.1, 0.15) is 5.76 Å². The number of likely N-dealkylation sites (N-methyl/N-ethyl adjacent to an activating group) is 1. The summed E-state index contributed by atoms with van der Waals surface area (Å²) in [5, 5.41) is 3.48. The Hall–Kier alpha value is -0.840. The lowest BCUT2D eigenvalue weighted by atomic mass is 10.1. The number of hydrogen-bond acceptors (Lipinski definition) is 4. The minimum Gasteiger partial charge on any atom is -0.468 e. The van der Waals surface area contributed by atoms with E-state index in [0.29, 0.717) is 12.1 Å². The van der Waals surface area contributed by atoms with E-state index in [1.807, 2.05) is 6.07 Å². The van der Waals surface area contributed by atoms with E-state index in [1.165, 1.54) is 0 Å². The molecule has 1 aromatic heterocycles. The average Bonchev–Trinajstić information content (AvgIpc) is 2.79. The summed E-state index contributed by atoms with van der Waals surface area (Å²) < 4.78 is 5.60. The van der Waals surface area contributed by atoms with Gasteiger partial charge < -0.3 is 14.6 Å². The number of nitrogens with one attached hydrogen (secondary N) is 1. The first-order chi connectivity index (χ1) is 8.16. The Morgan fingerprint density at radius 3 is 3.00 bits per heavy atom. The van der Waals surface area contributed by atoms with Crippen LogP contribution in [-0.2, 0) is 0 Å². The molecule has 2 unspecified atom stereocenters. The maximum absolute atomic E-state index is 5.60. The maximum atomic E-state index is 5.60. The van der Waals surface area contributed by atoms with E-state index in [0.717, 1.165) is 31.9 Å². The molecule has 1 aliphatic heterocycles. The van der Waals surface area contributed by atoms with Gasteiger partial charge in [0.15, 0.2) is 0 Å². The minimum absolute atomic E-state index is 0.365. The molecule has 1 saturated heterocycles. The maximum Gasteiger partial charge on any atom is 0.122 e. The summed E-state index contributed by atoms with van der Waals surface area (Å²) in [6, 6.07) is 4.98. The molecule has 0 amide bonds. The lowest BCUT2D eigenvalue weighted by Gasteiger charge is -2.37. The second-order valence-electron chi connectivity index (χ2n) is 5.14. The van der Waals surface area contributed by atoms with Crippen molar-refractivity contribution in [1.82, 2.24) is 15.1 Å². The van der Waals surface area contributed by atoms with Crippen LogP contribution in [-0.4, -0.2) is 56.1 Å². The molecule has 0 radical (unpaired) electrons. The molecule has 17 heavy (non-hydrogen) atoms. The van der Waals surface area contributed by atoms with Crippen molar-refractivity contribution in [3.8, 4) is 0 Å². The summed E-state index contributed by atoms with van der Waals surface area (Å²) >= 11 is 0. The molecule has 0 aliphatic carbocycles. The summed E-state index contributed by atoms with van der Waals surface area (Å²) in [6.45, 7) is 6.47. The number of hydrogen-bond donors (Lipinski definition) is 1. The highest BCUT2D eigenvalue weighted by molar-refractivity contribution is 5.06. The second-order valence-corrected chi connectivity index (χ2v) is 5.14. The molecular formula is C13H23N3O. The van der Waals surface area contributed by atoms with Crippen molar-refractivity contribution >= 4 is 0 Å². The molecule has 1 fully saturated rings. The molecule has 0 spiro atoms. The predicted octanol–water partition coefficient (Wildman–Crippen LogP) is 1.18. The van der Waals surface area contributed by atoms with E-state index in [2.05, 4.69) is 42.2 Å². The average molecular weight is 237 g/mol. The van der Waals surface area contributed by atoms with Gasteiger partial charge in [0.05, 0.1) is 12.3 Å². The van der Waals surface area contributed by atoms with Crippen molar-refractivity contribution in [1.29, 1.82) is 0 Å². The van der Waals surface area contributed by atoms with Crippen molar-refractivity contribution in [2.75, 3.05) is 40.3 Å². The van der Waals surface area contributed by atoms with Crippen molar-refractivity contribution in [2.45, 2.75) is 19.0 Å². The highest BCUT2D eigenvalue weighted by Gasteiger charge is 2.26. The molecule has 0 saturated carbocycles. The van der Waals surface area contributed by atoms with Crippen LogP contribution in [0.2, 0.25) is 0 Å². The third kappa shape index (κ3) is 3.31. The smallest absolute Gasteiger partial charge is 0.122 e. The SMILES string of the molecule is CC1CN(C(CN(C)C)c2ccco2)CCN1. The van der Waals surface area contributed by atoms with Crippen molar-refractivity contribution in [2.24, 2.45) is 0 Å². The molecule has 2 heterocycles. The fourth-order valence-corrected chi connectivity index (χ4v) is 2.46. The second kappa shape index (κ2) is 5.67. The largest absolute Gasteiger partial charge is 0.468 e. The lowest BCUT2D eigenvalue weighted by Crippen LogP contribution is -2.51. The summed E-state index contributed by atoms with van der Waals surface area (Å²) in [6.07, 6.45) is 1.77. The number of rotatable bonds is 4. The van der Waals surface area contributed by atoms with Crippen molar-refractivity contribution < 1.29 is 4.42 Å². The predicted molar refractivity (Wildman–Crippen MR) is 69.0 cm³/mol. The molecule has 1 aliphatic rings. The summed E-state index contributed by atoms with van der Waals surface area (Å²) in [5.41, 5.74) is 0.